The van der Waals surface area contributed by atoms with Gasteiger partial charge >= 0.3 is 0 Å². The van der Waals surface area contributed by atoms with Crippen LogP contribution in [0.4, 0.5) is 5.95 Å². The summed E-state index contributed by atoms with van der Waals surface area (Å²) in [6.07, 6.45) is 0. The first-order chi connectivity index (χ1) is 11.0. The largest absolute Gasteiger partial charge is 0.324 e. The summed E-state index contributed by atoms with van der Waals surface area (Å²) in [4.78, 5) is 31.5. The van der Waals surface area contributed by atoms with Crippen LogP contribution in [0.15, 0.2) is 48.5 Å². The van der Waals surface area contributed by atoms with Crippen molar-refractivity contribution in [1.29, 1.82) is 0 Å². The van der Waals surface area contributed by atoms with Gasteiger partial charge in [0.2, 0.25) is 11.9 Å². The molecule has 0 saturated heterocycles. The van der Waals surface area contributed by atoms with E-state index in [9.17, 15) is 9.59 Å². The number of fused-ring (bicyclic) bond motifs is 1. The van der Waals surface area contributed by atoms with Crippen molar-refractivity contribution >= 4 is 28.7 Å². The van der Waals surface area contributed by atoms with Crippen molar-refractivity contribution in [3.8, 4) is 0 Å². The van der Waals surface area contributed by atoms with Gasteiger partial charge in [-0.25, -0.2) is 4.98 Å². The van der Waals surface area contributed by atoms with E-state index in [1.54, 1.807) is 30.3 Å². The number of hydrogen-bond acceptors (Lipinski definition) is 3. The topological polar surface area (TPSA) is 74.8 Å². The third-order valence-corrected chi connectivity index (χ3v) is 3.55. The van der Waals surface area contributed by atoms with Crippen LogP contribution in [0.3, 0.4) is 0 Å². The fraction of sp³-hybridized carbons (Fsp3) is 0.167. The molecule has 0 saturated carbocycles. The Kier molecular flexibility index (Phi) is 3.93. The Morgan fingerprint density at radius 2 is 1.78 bits per heavy atom. The molecule has 0 unspecified atom stereocenters. The number of nitrogens with zero attached hydrogens (tertiary/aromatic N) is 1. The molecule has 2 aromatic carbocycles. The van der Waals surface area contributed by atoms with Crippen LogP contribution < -0.4 is 5.32 Å². The first kappa shape index (κ1) is 15.0. The van der Waals surface area contributed by atoms with Crippen molar-refractivity contribution in [2.75, 3.05) is 5.32 Å². The summed E-state index contributed by atoms with van der Waals surface area (Å²) >= 11 is 0. The maximum Gasteiger partial charge on any atom is 0.229 e. The fourth-order valence-corrected chi connectivity index (χ4v) is 2.23. The van der Waals surface area contributed by atoms with Crippen LogP contribution in [0, 0.1) is 5.92 Å². The Morgan fingerprint density at radius 1 is 1.04 bits per heavy atom. The van der Waals surface area contributed by atoms with E-state index in [4.69, 9.17) is 0 Å². The second-order valence-electron chi connectivity index (χ2n) is 5.66. The minimum absolute atomic E-state index is 0.0464. The van der Waals surface area contributed by atoms with Gasteiger partial charge in [-0.2, -0.15) is 0 Å². The molecule has 5 nitrogen and oxygen atoms in total. The number of H-pyrrole nitrogens is 1. The number of carbonyl (C=O) groups is 2. The van der Waals surface area contributed by atoms with Crippen molar-refractivity contribution in [3.05, 3.63) is 59.7 Å². The first-order valence-corrected chi connectivity index (χ1v) is 7.45. The maximum absolute atomic E-state index is 12.5. The highest BCUT2D eigenvalue weighted by molar-refractivity contribution is 6.10. The summed E-state index contributed by atoms with van der Waals surface area (Å²) in [7, 11) is 0. The number of rotatable bonds is 4. The number of carbonyl (C=O) groups excluding carboxylic acids is 2. The zero-order valence-corrected chi connectivity index (χ0v) is 13.0. The third kappa shape index (κ3) is 3.13. The van der Waals surface area contributed by atoms with Crippen LogP contribution in [0.2, 0.25) is 0 Å². The zero-order chi connectivity index (χ0) is 16.4. The van der Waals surface area contributed by atoms with E-state index in [1.165, 1.54) is 0 Å². The molecule has 1 aromatic heterocycles. The number of imidazole rings is 1. The second-order valence-corrected chi connectivity index (χ2v) is 5.66. The second kappa shape index (κ2) is 6.04. The highest BCUT2D eigenvalue weighted by Crippen LogP contribution is 2.19. The summed E-state index contributed by atoms with van der Waals surface area (Å²) in [5.41, 5.74) is 2.63. The summed E-state index contributed by atoms with van der Waals surface area (Å²) in [5.74, 6) is 0.112. The highest BCUT2D eigenvalue weighted by Gasteiger charge is 2.13. The van der Waals surface area contributed by atoms with Crippen LogP contribution in [0.25, 0.3) is 11.0 Å². The van der Waals surface area contributed by atoms with Crippen molar-refractivity contribution in [1.82, 2.24) is 9.97 Å². The van der Waals surface area contributed by atoms with Crippen molar-refractivity contribution < 1.29 is 9.59 Å². The van der Waals surface area contributed by atoms with Crippen LogP contribution in [-0.2, 0) is 4.79 Å². The lowest BCUT2D eigenvalue weighted by molar-refractivity contribution is -0.118. The zero-order valence-electron chi connectivity index (χ0n) is 13.0. The number of anilines is 1. The van der Waals surface area contributed by atoms with E-state index in [0.29, 0.717) is 28.1 Å². The Bertz CT molecular complexity index is 866. The average Bonchev–Trinajstić information content (AvgIpc) is 2.96. The van der Waals surface area contributed by atoms with Crippen LogP contribution in [0.1, 0.15) is 29.8 Å². The Labute approximate surface area is 133 Å². The van der Waals surface area contributed by atoms with Gasteiger partial charge in [-0.3, -0.25) is 14.9 Å². The quantitative estimate of drug-likeness (QED) is 0.725. The normalized spacial score (nSPS) is 10.9. The molecule has 1 amide bonds. The molecular formula is C18H17N3O2. The average molecular weight is 307 g/mol. The number of benzene rings is 2. The van der Waals surface area contributed by atoms with Crippen molar-refractivity contribution in [3.63, 3.8) is 0 Å². The van der Waals surface area contributed by atoms with E-state index in [2.05, 4.69) is 15.3 Å². The van der Waals surface area contributed by atoms with Crippen LogP contribution in [-0.4, -0.2) is 21.7 Å². The summed E-state index contributed by atoms with van der Waals surface area (Å²) in [5, 5.41) is 2.72. The van der Waals surface area contributed by atoms with E-state index < -0.39 is 0 Å². The molecule has 0 aliphatic rings. The molecule has 0 radical (unpaired) electrons. The molecule has 0 fully saturated rings. The van der Waals surface area contributed by atoms with Crippen molar-refractivity contribution in [2.45, 2.75) is 13.8 Å². The third-order valence-electron chi connectivity index (χ3n) is 3.55. The molecule has 0 spiro atoms. The molecule has 3 aromatic rings. The number of amides is 1. The van der Waals surface area contributed by atoms with Gasteiger partial charge in [0, 0.05) is 17.0 Å². The molecule has 0 bridgehead atoms. The van der Waals surface area contributed by atoms with Gasteiger partial charge in [0.05, 0.1) is 11.0 Å². The maximum atomic E-state index is 12.5. The molecule has 5 heteroatoms. The summed E-state index contributed by atoms with van der Waals surface area (Å²) in [6.45, 7) is 3.63. The molecule has 23 heavy (non-hydrogen) atoms. The number of aromatic nitrogens is 2. The summed E-state index contributed by atoms with van der Waals surface area (Å²) in [6, 6.07) is 14.4. The predicted molar refractivity (Wildman–Crippen MR) is 89.4 cm³/mol. The monoisotopic (exact) mass is 307 g/mol. The molecule has 3 rings (SSSR count). The molecule has 2 N–H and O–H groups in total. The number of hydrogen-bond donors (Lipinski definition) is 2. The molecular weight excluding hydrogens is 290 g/mol. The molecule has 0 atom stereocenters. The SMILES string of the molecule is CC(C)C(=O)Nc1nc2ccc(C(=O)c3ccccc3)cc2[nH]1. The fourth-order valence-electron chi connectivity index (χ4n) is 2.23. The summed E-state index contributed by atoms with van der Waals surface area (Å²) < 4.78 is 0. The minimum atomic E-state index is -0.126. The Balaban J connectivity index is 1.90. The van der Waals surface area contributed by atoms with Gasteiger partial charge < -0.3 is 4.98 Å². The minimum Gasteiger partial charge on any atom is -0.324 e. The van der Waals surface area contributed by atoms with E-state index in [1.807, 2.05) is 32.0 Å². The lowest BCUT2D eigenvalue weighted by Crippen LogP contribution is -2.18. The van der Waals surface area contributed by atoms with E-state index in [-0.39, 0.29) is 17.6 Å². The highest BCUT2D eigenvalue weighted by atomic mass is 16.2. The Morgan fingerprint density at radius 3 is 2.48 bits per heavy atom. The lowest BCUT2D eigenvalue weighted by Gasteiger charge is -2.03. The van der Waals surface area contributed by atoms with Crippen molar-refractivity contribution in [2.24, 2.45) is 5.92 Å². The number of nitrogens with one attached hydrogen (secondary N) is 2. The number of ketones is 1. The molecule has 1 heterocycles. The van der Waals surface area contributed by atoms with Gasteiger partial charge in [-0.05, 0) is 18.2 Å². The molecule has 116 valence electrons. The van der Waals surface area contributed by atoms with Crippen LogP contribution in [0.5, 0.6) is 0 Å². The predicted octanol–water partition coefficient (Wildman–Crippen LogP) is 3.39. The van der Waals surface area contributed by atoms with Gasteiger partial charge in [0.15, 0.2) is 5.78 Å². The van der Waals surface area contributed by atoms with Crippen LogP contribution >= 0.6 is 0 Å². The molecule has 0 aliphatic carbocycles. The standard InChI is InChI=1S/C18H17N3O2/c1-11(2)17(23)21-18-19-14-9-8-13(10-15(14)20-18)16(22)12-6-4-3-5-7-12/h3-11H,1-2H3,(H2,19,20,21,23). The van der Waals surface area contributed by atoms with Gasteiger partial charge in [-0.15, -0.1) is 0 Å². The van der Waals surface area contributed by atoms with E-state index in [0.717, 1.165) is 0 Å². The Hall–Kier alpha value is -2.95. The first-order valence-electron chi connectivity index (χ1n) is 7.45. The smallest absolute Gasteiger partial charge is 0.229 e. The van der Waals surface area contributed by atoms with Gasteiger partial charge in [-0.1, -0.05) is 44.2 Å². The van der Waals surface area contributed by atoms with Gasteiger partial charge in [0.25, 0.3) is 0 Å². The molecule has 0 aliphatic heterocycles. The lowest BCUT2D eigenvalue weighted by atomic mass is 10.0. The van der Waals surface area contributed by atoms with Gasteiger partial charge in [0.1, 0.15) is 0 Å². The van der Waals surface area contributed by atoms with E-state index >= 15 is 0 Å². The number of aromatic amines is 1.